The van der Waals surface area contributed by atoms with E-state index in [-0.39, 0.29) is 31.6 Å². The number of aromatic nitrogens is 1. The number of benzene rings is 1. The van der Waals surface area contributed by atoms with Crippen LogP contribution in [-0.2, 0) is 31.1 Å². The van der Waals surface area contributed by atoms with Gasteiger partial charge in [-0.1, -0.05) is 12.1 Å². The first-order chi connectivity index (χ1) is 10.7. The second-order valence-corrected chi connectivity index (χ2v) is 4.60. The SMILES string of the molecule is CC(=O)/C=C(/C)O.FC(F)(F)c1ccc(-c2[c-]cccc2)nc1.[Ir]. The third kappa shape index (κ3) is 8.04. The third-order valence-electron chi connectivity index (χ3n) is 2.49. The zero-order valence-electron chi connectivity index (χ0n) is 12.9. The van der Waals surface area contributed by atoms with Crippen LogP contribution in [-0.4, -0.2) is 15.9 Å². The minimum atomic E-state index is -4.34. The molecule has 2 rings (SSSR count). The number of aliphatic hydroxyl groups is 1. The molecule has 0 unspecified atom stereocenters. The van der Waals surface area contributed by atoms with E-state index in [2.05, 4.69) is 11.1 Å². The maximum atomic E-state index is 12.3. The van der Waals surface area contributed by atoms with Gasteiger partial charge in [-0.05, 0) is 19.5 Å². The van der Waals surface area contributed by atoms with Crippen LogP contribution in [0, 0.1) is 6.07 Å². The smallest absolute Gasteiger partial charge is 0.417 e. The van der Waals surface area contributed by atoms with E-state index in [0.29, 0.717) is 11.3 Å². The predicted molar refractivity (Wildman–Crippen MR) is 80.6 cm³/mol. The molecule has 0 amide bonds. The van der Waals surface area contributed by atoms with Gasteiger partial charge >= 0.3 is 6.18 Å². The molecule has 1 N–H and O–H groups in total. The molecule has 0 fully saturated rings. The number of pyridine rings is 1. The van der Waals surface area contributed by atoms with Crippen LogP contribution in [0.4, 0.5) is 13.2 Å². The van der Waals surface area contributed by atoms with Crippen molar-refractivity contribution in [1.29, 1.82) is 0 Å². The number of alkyl halides is 3. The standard InChI is InChI=1S/C12H7F3N.C5H8O2.Ir/c13-12(14,15)10-6-7-11(16-8-10)9-4-2-1-3-5-9;1-4(6)3-5(2)7;/h1-4,6-8H;3,6H,1-2H3;/q-1;;/b;4-3-;. The molecule has 131 valence electrons. The number of ketones is 1. The van der Waals surface area contributed by atoms with Crippen LogP contribution >= 0.6 is 0 Å². The molecule has 0 spiro atoms. The quantitative estimate of drug-likeness (QED) is 0.362. The van der Waals surface area contributed by atoms with E-state index < -0.39 is 11.7 Å². The third-order valence-corrected chi connectivity index (χ3v) is 2.49. The van der Waals surface area contributed by atoms with Gasteiger partial charge < -0.3 is 10.1 Å². The average Bonchev–Trinajstić information content (AvgIpc) is 2.47. The van der Waals surface area contributed by atoms with Crippen LogP contribution in [0.25, 0.3) is 11.3 Å². The Bertz CT molecular complexity index is 664. The molecule has 1 aromatic carbocycles. The fourth-order valence-corrected chi connectivity index (χ4v) is 1.57. The fourth-order valence-electron chi connectivity index (χ4n) is 1.57. The number of carbonyl (C=O) groups excluding carboxylic acids is 1. The molecule has 0 saturated heterocycles. The van der Waals surface area contributed by atoms with E-state index in [1.807, 2.05) is 0 Å². The first-order valence-electron chi connectivity index (χ1n) is 6.58. The molecule has 1 heterocycles. The Morgan fingerprint density at radius 1 is 1.21 bits per heavy atom. The molecule has 0 atom stereocenters. The number of halogens is 3. The zero-order valence-corrected chi connectivity index (χ0v) is 15.3. The predicted octanol–water partition coefficient (Wildman–Crippen LogP) is 4.60. The van der Waals surface area contributed by atoms with Crippen molar-refractivity contribution in [2.75, 3.05) is 0 Å². The van der Waals surface area contributed by atoms with Crippen LogP contribution in [0.2, 0.25) is 0 Å². The van der Waals surface area contributed by atoms with Gasteiger partial charge in [-0.25, -0.2) is 0 Å². The van der Waals surface area contributed by atoms with Gasteiger partial charge in [0.05, 0.1) is 11.3 Å². The van der Waals surface area contributed by atoms with E-state index in [4.69, 9.17) is 5.11 Å². The van der Waals surface area contributed by atoms with Gasteiger partial charge in [0.15, 0.2) is 5.78 Å². The summed E-state index contributed by atoms with van der Waals surface area (Å²) in [4.78, 5) is 13.8. The molecule has 0 aliphatic rings. The average molecular weight is 515 g/mol. The molecule has 7 heteroatoms. The van der Waals surface area contributed by atoms with E-state index in [1.165, 1.54) is 26.0 Å². The van der Waals surface area contributed by atoms with Crippen molar-refractivity contribution < 1.29 is 43.2 Å². The zero-order chi connectivity index (χ0) is 17.5. The van der Waals surface area contributed by atoms with Gasteiger partial charge in [0.1, 0.15) is 0 Å². The Labute approximate surface area is 151 Å². The molecule has 0 saturated carbocycles. The number of aliphatic hydroxyl groups excluding tert-OH is 1. The first kappa shape index (κ1) is 22.0. The molecule has 1 aromatic heterocycles. The second kappa shape index (κ2) is 10.0. The molecular weight excluding hydrogens is 499 g/mol. The topological polar surface area (TPSA) is 50.2 Å². The number of allylic oxidation sites excluding steroid dienone is 2. The van der Waals surface area contributed by atoms with Crippen LogP contribution in [0.15, 0.2) is 54.4 Å². The molecule has 2 aromatic rings. The normalized spacial score (nSPS) is 11.0. The number of carbonyl (C=O) groups is 1. The van der Waals surface area contributed by atoms with Crippen LogP contribution < -0.4 is 0 Å². The van der Waals surface area contributed by atoms with Crippen LogP contribution in [0.3, 0.4) is 0 Å². The number of rotatable bonds is 2. The van der Waals surface area contributed by atoms with Gasteiger partial charge in [-0.2, -0.15) is 13.2 Å². The van der Waals surface area contributed by atoms with Crippen molar-refractivity contribution in [3.63, 3.8) is 0 Å². The Morgan fingerprint density at radius 3 is 2.21 bits per heavy atom. The van der Waals surface area contributed by atoms with Crippen molar-refractivity contribution in [2.45, 2.75) is 20.0 Å². The molecule has 3 nitrogen and oxygen atoms in total. The summed E-state index contributed by atoms with van der Waals surface area (Å²) in [6.45, 7) is 2.85. The summed E-state index contributed by atoms with van der Waals surface area (Å²) in [6, 6.07) is 12.3. The summed E-state index contributed by atoms with van der Waals surface area (Å²) in [7, 11) is 0. The number of hydrogen-bond donors (Lipinski definition) is 1. The minimum absolute atomic E-state index is 0. The van der Waals surface area contributed by atoms with Gasteiger partial charge in [-0.3, -0.25) is 4.79 Å². The summed E-state index contributed by atoms with van der Waals surface area (Å²) in [5.41, 5.74) is 0.414. The Kier molecular flexibility index (Phi) is 9.18. The van der Waals surface area contributed by atoms with E-state index in [0.717, 1.165) is 12.3 Å². The molecular formula is C17H15F3IrNO2-. The second-order valence-electron chi connectivity index (χ2n) is 4.60. The summed E-state index contributed by atoms with van der Waals surface area (Å²) < 4.78 is 36.8. The number of nitrogens with zero attached hydrogens (tertiary/aromatic N) is 1. The van der Waals surface area contributed by atoms with E-state index >= 15 is 0 Å². The van der Waals surface area contributed by atoms with Crippen LogP contribution in [0.1, 0.15) is 19.4 Å². The summed E-state index contributed by atoms with van der Waals surface area (Å²) in [5.74, 6) is -0.0625. The summed E-state index contributed by atoms with van der Waals surface area (Å²) in [5, 5.41) is 8.36. The van der Waals surface area contributed by atoms with Crippen molar-refractivity contribution in [3.8, 4) is 11.3 Å². The maximum absolute atomic E-state index is 12.3. The van der Waals surface area contributed by atoms with Crippen LogP contribution in [0.5, 0.6) is 0 Å². The summed E-state index contributed by atoms with van der Waals surface area (Å²) in [6.07, 6.45) is -2.35. The van der Waals surface area contributed by atoms with Crippen molar-refractivity contribution >= 4 is 5.78 Å². The molecule has 0 bridgehead atoms. The molecule has 0 aliphatic heterocycles. The Morgan fingerprint density at radius 2 is 1.88 bits per heavy atom. The van der Waals surface area contributed by atoms with Crippen molar-refractivity contribution in [1.82, 2.24) is 4.98 Å². The minimum Gasteiger partial charge on any atom is -0.512 e. The van der Waals surface area contributed by atoms with Gasteiger partial charge in [0.25, 0.3) is 0 Å². The summed E-state index contributed by atoms with van der Waals surface area (Å²) >= 11 is 0. The Balaban J connectivity index is 0.000000570. The van der Waals surface area contributed by atoms with Crippen molar-refractivity contribution in [2.24, 2.45) is 0 Å². The Hall–Kier alpha value is -1.98. The van der Waals surface area contributed by atoms with Gasteiger partial charge in [-0.15, -0.1) is 35.9 Å². The van der Waals surface area contributed by atoms with Gasteiger partial charge in [0.2, 0.25) is 0 Å². The van der Waals surface area contributed by atoms with E-state index in [1.54, 1.807) is 24.3 Å². The first-order valence-corrected chi connectivity index (χ1v) is 6.58. The number of hydrogen-bond acceptors (Lipinski definition) is 3. The maximum Gasteiger partial charge on any atom is 0.417 e. The molecule has 1 radical (unpaired) electrons. The van der Waals surface area contributed by atoms with Gasteiger partial charge in [0, 0.05) is 32.4 Å². The largest absolute Gasteiger partial charge is 0.512 e. The fraction of sp³-hybridized carbons (Fsp3) is 0.176. The van der Waals surface area contributed by atoms with E-state index in [9.17, 15) is 18.0 Å². The monoisotopic (exact) mass is 515 g/mol. The molecule has 24 heavy (non-hydrogen) atoms. The molecule has 0 aliphatic carbocycles. The van der Waals surface area contributed by atoms with Crippen molar-refractivity contribution in [3.05, 3.63) is 66.1 Å².